The second-order valence-corrected chi connectivity index (χ2v) is 4.84. The maximum atomic E-state index is 11.9. The molecule has 1 heterocycles. The number of hydrogen-bond donors (Lipinski definition) is 1. The van der Waals surface area contributed by atoms with Gasteiger partial charge in [0.25, 0.3) is 0 Å². The van der Waals surface area contributed by atoms with Crippen molar-refractivity contribution in [3.05, 3.63) is 29.8 Å². The molecule has 0 atom stereocenters. The highest BCUT2D eigenvalue weighted by molar-refractivity contribution is 5.98. The molecule has 0 radical (unpaired) electrons. The summed E-state index contributed by atoms with van der Waals surface area (Å²) in [5.74, 6) is -0.109. The van der Waals surface area contributed by atoms with Gasteiger partial charge in [0.2, 0.25) is 11.8 Å². The summed E-state index contributed by atoms with van der Waals surface area (Å²) < 4.78 is 0. The second-order valence-electron chi connectivity index (χ2n) is 4.84. The van der Waals surface area contributed by atoms with Gasteiger partial charge in [0.15, 0.2) is 0 Å². The van der Waals surface area contributed by atoms with Gasteiger partial charge < -0.3 is 10.2 Å². The van der Waals surface area contributed by atoms with Gasteiger partial charge in [-0.05, 0) is 30.5 Å². The summed E-state index contributed by atoms with van der Waals surface area (Å²) in [6.45, 7) is 2.73. The summed E-state index contributed by atoms with van der Waals surface area (Å²) in [6.07, 6.45) is 3.80. The van der Waals surface area contributed by atoms with E-state index in [1.54, 1.807) is 4.90 Å². The van der Waals surface area contributed by atoms with E-state index in [-0.39, 0.29) is 18.4 Å². The molecule has 1 aliphatic heterocycles. The lowest BCUT2D eigenvalue weighted by Gasteiger charge is -2.20. The summed E-state index contributed by atoms with van der Waals surface area (Å²) in [7, 11) is 0. The Labute approximate surface area is 113 Å². The highest BCUT2D eigenvalue weighted by Crippen LogP contribution is 2.18. The molecule has 2 amide bonds. The molecule has 4 heteroatoms. The molecular formula is C15H20N2O2. The lowest BCUT2D eigenvalue weighted by atomic mass is 10.1. The first kappa shape index (κ1) is 13.6. The number of amides is 2. The van der Waals surface area contributed by atoms with Crippen LogP contribution in [0.2, 0.25) is 0 Å². The van der Waals surface area contributed by atoms with Crippen LogP contribution in [0.4, 0.5) is 5.69 Å². The third-order valence-corrected chi connectivity index (χ3v) is 3.37. The molecule has 4 nitrogen and oxygen atoms in total. The van der Waals surface area contributed by atoms with Crippen molar-refractivity contribution in [2.24, 2.45) is 0 Å². The largest absolute Gasteiger partial charge is 0.347 e. The number of anilines is 1. The first-order chi connectivity index (χ1) is 9.20. The molecule has 0 bridgehead atoms. The molecule has 19 heavy (non-hydrogen) atoms. The average Bonchev–Trinajstić information content (AvgIpc) is 2.60. The first-order valence-corrected chi connectivity index (χ1v) is 6.86. The fourth-order valence-corrected chi connectivity index (χ4v) is 2.19. The van der Waals surface area contributed by atoms with Gasteiger partial charge in [-0.2, -0.15) is 0 Å². The molecule has 0 aliphatic carbocycles. The molecule has 0 spiro atoms. The third-order valence-electron chi connectivity index (χ3n) is 3.37. The Bertz CT molecular complexity index is 454. The number of unbranched alkanes of at least 4 members (excludes halogenated alkanes) is 1. The molecular weight excluding hydrogens is 240 g/mol. The zero-order valence-electron chi connectivity index (χ0n) is 11.3. The predicted molar refractivity (Wildman–Crippen MR) is 75.0 cm³/mol. The second kappa shape index (κ2) is 6.36. The smallest absolute Gasteiger partial charge is 0.246 e. The highest BCUT2D eigenvalue weighted by atomic mass is 16.2. The Morgan fingerprint density at radius 1 is 1.21 bits per heavy atom. The summed E-state index contributed by atoms with van der Waals surface area (Å²) in [4.78, 5) is 24.9. The third kappa shape index (κ3) is 3.56. The lowest BCUT2D eigenvalue weighted by molar-refractivity contribution is -0.123. The van der Waals surface area contributed by atoms with Gasteiger partial charge in [0, 0.05) is 18.7 Å². The van der Waals surface area contributed by atoms with Crippen molar-refractivity contribution in [3.8, 4) is 0 Å². The molecule has 2 rings (SSSR count). The maximum Gasteiger partial charge on any atom is 0.246 e. The molecule has 1 N–H and O–H groups in total. The quantitative estimate of drug-likeness (QED) is 0.898. The molecule has 0 unspecified atom stereocenters. The van der Waals surface area contributed by atoms with Gasteiger partial charge in [0.1, 0.15) is 0 Å². The van der Waals surface area contributed by atoms with Crippen LogP contribution in [0.15, 0.2) is 24.3 Å². The first-order valence-electron chi connectivity index (χ1n) is 6.86. The van der Waals surface area contributed by atoms with E-state index in [4.69, 9.17) is 0 Å². The Morgan fingerprint density at radius 3 is 2.63 bits per heavy atom. The molecule has 0 aromatic heterocycles. The Morgan fingerprint density at radius 2 is 1.95 bits per heavy atom. The zero-order chi connectivity index (χ0) is 13.7. The number of hydrogen-bond acceptors (Lipinski definition) is 2. The number of nitrogens with one attached hydrogen (secondary N) is 1. The van der Waals surface area contributed by atoms with Crippen LogP contribution in [0.3, 0.4) is 0 Å². The van der Waals surface area contributed by atoms with Gasteiger partial charge in [-0.3, -0.25) is 9.59 Å². The summed E-state index contributed by atoms with van der Waals surface area (Å²) in [6, 6.07) is 8.08. The van der Waals surface area contributed by atoms with Crippen LogP contribution in [-0.2, 0) is 16.0 Å². The van der Waals surface area contributed by atoms with Crippen molar-refractivity contribution >= 4 is 17.5 Å². The Kier molecular flexibility index (Phi) is 4.55. The van der Waals surface area contributed by atoms with Gasteiger partial charge in [-0.15, -0.1) is 0 Å². The van der Waals surface area contributed by atoms with Crippen molar-refractivity contribution in [3.63, 3.8) is 0 Å². The Hall–Kier alpha value is -1.84. The van der Waals surface area contributed by atoms with E-state index in [1.807, 2.05) is 12.1 Å². The predicted octanol–water partition coefficient (Wildman–Crippen LogP) is 1.88. The highest BCUT2D eigenvalue weighted by Gasteiger charge is 2.21. The molecule has 1 saturated heterocycles. The van der Waals surface area contributed by atoms with Crippen LogP contribution in [0.25, 0.3) is 0 Å². The van der Waals surface area contributed by atoms with Crippen LogP contribution >= 0.6 is 0 Å². The summed E-state index contributed by atoms with van der Waals surface area (Å²) in [5.41, 5.74) is 2.17. The molecule has 1 aromatic carbocycles. The van der Waals surface area contributed by atoms with Crippen molar-refractivity contribution in [1.82, 2.24) is 5.32 Å². The fraction of sp³-hybridized carbons (Fsp3) is 0.467. The van der Waals surface area contributed by atoms with E-state index in [0.29, 0.717) is 13.0 Å². The van der Waals surface area contributed by atoms with Gasteiger partial charge in [-0.25, -0.2) is 0 Å². The van der Waals surface area contributed by atoms with Crippen LogP contribution < -0.4 is 10.2 Å². The van der Waals surface area contributed by atoms with Crippen molar-refractivity contribution < 1.29 is 9.59 Å². The molecule has 1 aliphatic rings. The SMILES string of the molecule is CCCCc1ccc(N2CCC(=O)NCC2=O)cc1. The average molecular weight is 260 g/mol. The number of nitrogens with zero attached hydrogens (tertiary/aromatic N) is 1. The number of carbonyl (C=O) groups excluding carboxylic acids is 2. The van der Waals surface area contributed by atoms with Crippen molar-refractivity contribution in [1.29, 1.82) is 0 Å². The normalized spacial score (nSPS) is 16.2. The minimum atomic E-state index is -0.0598. The van der Waals surface area contributed by atoms with E-state index in [9.17, 15) is 9.59 Å². The van der Waals surface area contributed by atoms with Crippen LogP contribution in [0.5, 0.6) is 0 Å². The van der Waals surface area contributed by atoms with E-state index in [0.717, 1.165) is 12.1 Å². The van der Waals surface area contributed by atoms with Crippen molar-refractivity contribution in [2.45, 2.75) is 32.6 Å². The topological polar surface area (TPSA) is 49.4 Å². The standard InChI is InChI=1S/C15H20N2O2/c1-2-3-4-12-5-7-13(8-6-12)17-10-9-14(18)16-11-15(17)19/h5-8H,2-4,9-11H2,1H3,(H,16,18). The van der Waals surface area contributed by atoms with Gasteiger partial charge in [0.05, 0.1) is 6.54 Å². The van der Waals surface area contributed by atoms with E-state index >= 15 is 0 Å². The fourth-order valence-electron chi connectivity index (χ4n) is 2.19. The van der Waals surface area contributed by atoms with E-state index < -0.39 is 0 Å². The van der Waals surface area contributed by atoms with Crippen molar-refractivity contribution in [2.75, 3.05) is 18.0 Å². The Balaban J connectivity index is 2.07. The molecule has 1 fully saturated rings. The number of aryl methyl sites for hydroxylation is 1. The number of benzene rings is 1. The summed E-state index contributed by atoms with van der Waals surface area (Å²) >= 11 is 0. The molecule has 0 saturated carbocycles. The van der Waals surface area contributed by atoms with Crippen LogP contribution in [-0.4, -0.2) is 24.9 Å². The van der Waals surface area contributed by atoms with E-state index in [2.05, 4.69) is 24.4 Å². The van der Waals surface area contributed by atoms with E-state index in [1.165, 1.54) is 18.4 Å². The zero-order valence-corrected chi connectivity index (χ0v) is 11.3. The van der Waals surface area contributed by atoms with Gasteiger partial charge in [-0.1, -0.05) is 25.5 Å². The number of carbonyl (C=O) groups is 2. The monoisotopic (exact) mass is 260 g/mol. The van der Waals surface area contributed by atoms with Crippen LogP contribution in [0.1, 0.15) is 31.7 Å². The van der Waals surface area contributed by atoms with Crippen LogP contribution in [0, 0.1) is 0 Å². The van der Waals surface area contributed by atoms with Gasteiger partial charge >= 0.3 is 0 Å². The minimum Gasteiger partial charge on any atom is -0.347 e. The summed E-state index contributed by atoms with van der Waals surface area (Å²) in [5, 5.41) is 2.60. The number of rotatable bonds is 4. The minimum absolute atomic E-state index is 0.0489. The maximum absolute atomic E-state index is 11.9. The molecule has 1 aromatic rings. The lowest BCUT2D eigenvalue weighted by Crippen LogP contribution is -2.35. The molecule has 102 valence electrons.